The molecule has 1 saturated heterocycles. The maximum Gasteiger partial charge on any atom is 0.145 e. The fraction of sp³-hybridized carbons (Fsp3) is 0.407. The van der Waals surface area contributed by atoms with E-state index < -0.39 is 0 Å². The van der Waals surface area contributed by atoms with Crippen LogP contribution < -0.4 is 5.32 Å². The lowest BCUT2D eigenvalue weighted by atomic mass is 10.0. The molecule has 164 valence electrons. The third kappa shape index (κ3) is 6.38. The maximum absolute atomic E-state index is 4.85. The van der Waals surface area contributed by atoms with Crippen LogP contribution in [0, 0.1) is 0 Å². The highest BCUT2D eigenvalue weighted by Gasteiger charge is 2.13. The summed E-state index contributed by atoms with van der Waals surface area (Å²) in [5, 5.41) is 3.59. The van der Waals surface area contributed by atoms with Crippen molar-refractivity contribution >= 4 is 5.82 Å². The van der Waals surface area contributed by atoms with E-state index in [4.69, 9.17) is 4.98 Å². The molecule has 0 amide bonds. The normalized spacial score (nSPS) is 15.1. The summed E-state index contributed by atoms with van der Waals surface area (Å²) in [6.45, 7) is 5.71. The van der Waals surface area contributed by atoms with Gasteiger partial charge in [0.15, 0.2) is 0 Å². The first-order valence-electron chi connectivity index (χ1n) is 11.3. The molecule has 31 heavy (non-hydrogen) atoms. The molecular formula is C27H36N4. The molecule has 0 radical (unpaired) electrons. The molecule has 4 heteroatoms. The van der Waals surface area contributed by atoms with Crippen LogP contribution in [0.2, 0.25) is 0 Å². The van der Waals surface area contributed by atoms with E-state index in [0.717, 1.165) is 36.5 Å². The Morgan fingerprint density at radius 3 is 2.39 bits per heavy atom. The zero-order valence-electron chi connectivity index (χ0n) is 17.9. The van der Waals surface area contributed by atoms with E-state index in [1.807, 2.05) is 12.4 Å². The van der Waals surface area contributed by atoms with Gasteiger partial charge in [0.05, 0.1) is 24.1 Å². The number of aromatic nitrogens is 2. The van der Waals surface area contributed by atoms with Gasteiger partial charge < -0.3 is 5.32 Å². The molecule has 1 fully saturated rings. The van der Waals surface area contributed by atoms with Gasteiger partial charge >= 0.3 is 0 Å². The molecule has 3 aromatic rings. The monoisotopic (exact) mass is 416 g/mol. The molecule has 4 nitrogen and oxygen atoms in total. The van der Waals surface area contributed by atoms with Crippen molar-refractivity contribution in [3.8, 4) is 11.3 Å². The summed E-state index contributed by atoms with van der Waals surface area (Å²) in [4.78, 5) is 11.9. The van der Waals surface area contributed by atoms with Gasteiger partial charge in [-0.1, -0.05) is 81.8 Å². The number of benzene rings is 2. The van der Waals surface area contributed by atoms with Crippen molar-refractivity contribution in [2.24, 2.45) is 0 Å². The molecular weight excluding hydrogens is 380 g/mol. The molecule has 2 aromatic carbocycles. The summed E-state index contributed by atoms with van der Waals surface area (Å²) < 4.78 is 0. The van der Waals surface area contributed by atoms with E-state index >= 15 is 0 Å². The minimum absolute atomic E-state index is 0. The molecule has 1 aliphatic rings. The Hall–Kier alpha value is -2.72. The van der Waals surface area contributed by atoms with Gasteiger partial charge in [-0.05, 0) is 43.5 Å². The Balaban J connectivity index is 0.00000272. The Morgan fingerprint density at radius 1 is 0.935 bits per heavy atom. The molecule has 0 saturated carbocycles. The molecule has 1 unspecified atom stereocenters. The highest BCUT2D eigenvalue weighted by molar-refractivity contribution is 5.60. The molecule has 0 bridgehead atoms. The molecule has 1 N–H and O–H groups in total. The van der Waals surface area contributed by atoms with Crippen LogP contribution in [-0.2, 0) is 6.54 Å². The van der Waals surface area contributed by atoms with Crippen molar-refractivity contribution in [3.05, 3.63) is 78.1 Å². The third-order valence-electron chi connectivity index (χ3n) is 5.84. The minimum atomic E-state index is 0. The molecule has 1 aromatic heterocycles. The molecule has 4 rings (SSSR count). The van der Waals surface area contributed by atoms with E-state index in [2.05, 4.69) is 76.7 Å². The predicted octanol–water partition coefficient (Wildman–Crippen LogP) is 6.72. The number of hydrogen-bond donors (Lipinski definition) is 1. The highest BCUT2D eigenvalue weighted by atomic mass is 15.1. The molecule has 0 aliphatic carbocycles. The first kappa shape index (κ1) is 23.0. The van der Waals surface area contributed by atoms with Crippen LogP contribution in [0.3, 0.4) is 0 Å². The number of nitrogens with one attached hydrogen (secondary N) is 1. The van der Waals surface area contributed by atoms with Gasteiger partial charge in [0, 0.05) is 12.1 Å². The minimum Gasteiger partial charge on any atom is -0.362 e. The Labute approximate surface area is 187 Å². The smallest absolute Gasteiger partial charge is 0.145 e. The predicted molar refractivity (Wildman–Crippen MR) is 131 cm³/mol. The number of anilines is 1. The number of piperidine rings is 1. The van der Waals surface area contributed by atoms with Gasteiger partial charge in [0.25, 0.3) is 0 Å². The lowest BCUT2D eigenvalue weighted by molar-refractivity contribution is 0.221. The Kier molecular flexibility index (Phi) is 8.60. The van der Waals surface area contributed by atoms with Crippen molar-refractivity contribution < 1.29 is 0 Å². The lowest BCUT2D eigenvalue weighted by Crippen LogP contribution is -2.28. The molecule has 0 spiro atoms. The topological polar surface area (TPSA) is 41.1 Å². The van der Waals surface area contributed by atoms with Gasteiger partial charge in [-0.2, -0.15) is 0 Å². The summed E-state index contributed by atoms with van der Waals surface area (Å²) in [5.41, 5.74) is 4.68. The SMILES string of the molecule is C.CCCC(Nc1cncc(-c2ccc(CN3CCCCC3)cc2)n1)c1ccccc1. The van der Waals surface area contributed by atoms with Crippen LogP contribution >= 0.6 is 0 Å². The summed E-state index contributed by atoms with van der Waals surface area (Å²) >= 11 is 0. The molecule has 2 heterocycles. The second-order valence-corrected chi connectivity index (χ2v) is 8.22. The van der Waals surface area contributed by atoms with Crippen molar-refractivity contribution in [2.75, 3.05) is 18.4 Å². The van der Waals surface area contributed by atoms with Crippen molar-refractivity contribution in [3.63, 3.8) is 0 Å². The number of hydrogen-bond acceptors (Lipinski definition) is 4. The van der Waals surface area contributed by atoms with Gasteiger partial charge in [0.1, 0.15) is 5.82 Å². The van der Waals surface area contributed by atoms with E-state index in [1.54, 1.807) is 0 Å². The molecule has 1 atom stereocenters. The van der Waals surface area contributed by atoms with Crippen LogP contribution in [0.1, 0.15) is 63.6 Å². The lowest BCUT2D eigenvalue weighted by Gasteiger charge is -2.26. The second kappa shape index (κ2) is 11.6. The maximum atomic E-state index is 4.85. The summed E-state index contributed by atoms with van der Waals surface area (Å²) in [6.07, 6.45) is 9.87. The van der Waals surface area contributed by atoms with E-state index in [-0.39, 0.29) is 13.5 Å². The largest absolute Gasteiger partial charge is 0.362 e. The van der Waals surface area contributed by atoms with Crippen molar-refractivity contribution in [1.29, 1.82) is 0 Å². The average molecular weight is 417 g/mol. The Morgan fingerprint density at radius 2 is 1.68 bits per heavy atom. The zero-order chi connectivity index (χ0) is 20.6. The van der Waals surface area contributed by atoms with Crippen LogP contribution in [0.15, 0.2) is 67.0 Å². The van der Waals surface area contributed by atoms with Crippen molar-refractivity contribution in [1.82, 2.24) is 14.9 Å². The first-order chi connectivity index (χ1) is 14.8. The van der Waals surface area contributed by atoms with Crippen LogP contribution in [0.25, 0.3) is 11.3 Å². The van der Waals surface area contributed by atoms with Gasteiger partial charge in [0.2, 0.25) is 0 Å². The van der Waals surface area contributed by atoms with Gasteiger partial charge in [-0.15, -0.1) is 0 Å². The van der Waals surface area contributed by atoms with Crippen LogP contribution in [0.5, 0.6) is 0 Å². The second-order valence-electron chi connectivity index (χ2n) is 8.22. The summed E-state index contributed by atoms with van der Waals surface area (Å²) in [6, 6.07) is 19.6. The van der Waals surface area contributed by atoms with E-state index in [1.165, 1.54) is 43.5 Å². The zero-order valence-corrected chi connectivity index (χ0v) is 17.9. The average Bonchev–Trinajstić information content (AvgIpc) is 2.81. The number of rotatable bonds is 8. The third-order valence-corrected chi connectivity index (χ3v) is 5.84. The number of nitrogens with zero attached hydrogens (tertiary/aromatic N) is 3. The fourth-order valence-corrected chi connectivity index (χ4v) is 4.21. The summed E-state index contributed by atoms with van der Waals surface area (Å²) in [7, 11) is 0. The van der Waals surface area contributed by atoms with Crippen LogP contribution in [-0.4, -0.2) is 28.0 Å². The van der Waals surface area contributed by atoms with Gasteiger partial charge in [-0.3, -0.25) is 9.88 Å². The van der Waals surface area contributed by atoms with Gasteiger partial charge in [-0.25, -0.2) is 4.98 Å². The first-order valence-corrected chi connectivity index (χ1v) is 11.3. The quantitative estimate of drug-likeness (QED) is 0.442. The number of likely N-dealkylation sites (tertiary alicyclic amines) is 1. The molecule has 1 aliphatic heterocycles. The van der Waals surface area contributed by atoms with E-state index in [9.17, 15) is 0 Å². The van der Waals surface area contributed by atoms with E-state index in [0.29, 0.717) is 0 Å². The van der Waals surface area contributed by atoms with Crippen LogP contribution in [0.4, 0.5) is 5.82 Å². The summed E-state index contributed by atoms with van der Waals surface area (Å²) in [5.74, 6) is 0.826. The Bertz CT molecular complexity index is 902. The van der Waals surface area contributed by atoms with Crippen molar-refractivity contribution in [2.45, 2.75) is 59.0 Å². The fourth-order valence-electron chi connectivity index (χ4n) is 4.21. The highest BCUT2D eigenvalue weighted by Crippen LogP contribution is 2.25. The standard InChI is InChI=1S/C26H32N4.CH4/c1-2-9-24(22-10-5-3-6-11-22)28-26-19-27-18-25(29-26)23-14-12-21(13-15-23)20-30-16-7-4-8-17-30;/h3,5-6,10-15,18-19,24H,2,4,7-9,16-17,20H2,1H3,(H,28,29);1H4.